The summed E-state index contributed by atoms with van der Waals surface area (Å²) in [5.74, 6) is 2.45. The second kappa shape index (κ2) is 7.56. The van der Waals surface area contributed by atoms with Gasteiger partial charge in [-0.2, -0.15) is 0 Å². The Hall–Kier alpha value is -2.89. The SMILES string of the molecule is COc1ccc(CNc2ccc3nccnc3n2)c(OC2CCCC2)c1. The monoisotopic (exact) mass is 350 g/mol. The number of anilines is 1. The zero-order chi connectivity index (χ0) is 17.8. The van der Waals surface area contributed by atoms with E-state index in [-0.39, 0.29) is 0 Å². The van der Waals surface area contributed by atoms with Crippen molar-refractivity contribution in [3.8, 4) is 11.5 Å². The smallest absolute Gasteiger partial charge is 0.180 e. The lowest BCUT2D eigenvalue weighted by Crippen LogP contribution is -2.13. The number of ether oxygens (including phenoxy) is 2. The first-order valence-electron chi connectivity index (χ1n) is 8.97. The van der Waals surface area contributed by atoms with Crippen LogP contribution in [0.5, 0.6) is 11.5 Å². The van der Waals surface area contributed by atoms with E-state index in [1.807, 2.05) is 30.3 Å². The van der Waals surface area contributed by atoms with Crippen LogP contribution < -0.4 is 14.8 Å². The lowest BCUT2D eigenvalue weighted by Gasteiger charge is -2.18. The summed E-state index contributed by atoms with van der Waals surface area (Å²) in [5, 5.41) is 3.36. The summed E-state index contributed by atoms with van der Waals surface area (Å²) in [6.45, 7) is 0.616. The van der Waals surface area contributed by atoms with E-state index in [2.05, 4.69) is 20.3 Å². The molecule has 0 unspecified atom stereocenters. The number of nitrogens with zero attached hydrogens (tertiary/aromatic N) is 3. The minimum Gasteiger partial charge on any atom is -0.497 e. The number of pyridine rings is 1. The molecule has 0 amide bonds. The number of hydrogen-bond acceptors (Lipinski definition) is 6. The Morgan fingerprint density at radius 1 is 1.08 bits per heavy atom. The van der Waals surface area contributed by atoms with E-state index in [0.29, 0.717) is 18.3 Å². The van der Waals surface area contributed by atoms with Crippen molar-refractivity contribution in [3.63, 3.8) is 0 Å². The van der Waals surface area contributed by atoms with E-state index in [1.54, 1.807) is 19.5 Å². The average Bonchev–Trinajstić information content (AvgIpc) is 3.20. The predicted molar refractivity (Wildman–Crippen MR) is 101 cm³/mol. The van der Waals surface area contributed by atoms with Gasteiger partial charge < -0.3 is 14.8 Å². The van der Waals surface area contributed by atoms with Crippen LogP contribution in [-0.4, -0.2) is 28.2 Å². The molecule has 4 rings (SSSR count). The van der Waals surface area contributed by atoms with Crippen molar-refractivity contribution in [2.75, 3.05) is 12.4 Å². The van der Waals surface area contributed by atoms with Gasteiger partial charge in [-0.25, -0.2) is 9.97 Å². The molecule has 6 nitrogen and oxygen atoms in total. The molecular formula is C20H22N4O2. The maximum atomic E-state index is 6.24. The summed E-state index contributed by atoms with van der Waals surface area (Å²) in [6.07, 6.45) is 8.34. The molecular weight excluding hydrogens is 328 g/mol. The minimum absolute atomic E-state index is 0.301. The third-order valence-electron chi connectivity index (χ3n) is 4.66. The van der Waals surface area contributed by atoms with Gasteiger partial charge in [-0.15, -0.1) is 0 Å². The van der Waals surface area contributed by atoms with Crippen molar-refractivity contribution in [2.24, 2.45) is 0 Å². The van der Waals surface area contributed by atoms with Gasteiger partial charge in [-0.3, -0.25) is 4.98 Å². The number of methoxy groups -OCH3 is 1. The summed E-state index contributed by atoms with van der Waals surface area (Å²) in [4.78, 5) is 13.0. The van der Waals surface area contributed by atoms with Crippen LogP contribution in [0, 0.1) is 0 Å². The summed E-state index contributed by atoms with van der Waals surface area (Å²) in [7, 11) is 1.67. The first-order chi connectivity index (χ1) is 12.8. The van der Waals surface area contributed by atoms with E-state index < -0.39 is 0 Å². The molecule has 2 aromatic heterocycles. The fraction of sp³-hybridized carbons (Fsp3) is 0.350. The van der Waals surface area contributed by atoms with E-state index in [9.17, 15) is 0 Å². The zero-order valence-corrected chi connectivity index (χ0v) is 14.8. The molecule has 0 saturated heterocycles. The van der Waals surface area contributed by atoms with Gasteiger partial charge in [0.05, 0.1) is 13.2 Å². The number of benzene rings is 1. The molecule has 1 N–H and O–H groups in total. The molecule has 0 bridgehead atoms. The quantitative estimate of drug-likeness (QED) is 0.725. The number of aromatic nitrogens is 3. The van der Waals surface area contributed by atoms with Gasteiger partial charge in [0.2, 0.25) is 0 Å². The lowest BCUT2D eigenvalue weighted by molar-refractivity contribution is 0.207. The standard InChI is InChI=1S/C20H22N4O2/c1-25-16-7-6-14(18(12-16)26-15-4-2-3-5-15)13-23-19-9-8-17-20(24-19)22-11-10-21-17/h6-12,15H,2-5,13H2,1H3,(H,22,23,24). The largest absolute Gasteiger partial charge is 0.497 e. The molecule has 3 aromatic rings. The summed E-state index contributed by atoms with van der Waals surface area (Å²) < 4.78 is 11.6. The van der Waals surface area contributed by atoms with Crippen LogP contribution in [0.25, 0.3) is 11.2 Å². The molecule has 2 heterocycles. The second-order valence-electron chi connectivity index (χ2n) is 6.45. The second-order valence-corrected chi connectivity index (χ2v) is 6.45. The Balaban J connectivity index is 1.52. The van der Waals surface area contributed by atoms with Crippen LogP contribution in [0.4, 0.5) is 5.82 Å². The highest BCUT2D eigenvalue weighted by Gasteiger charge is 2.18. The highest BCUT2D eigenvalue weighted by Crippen LogP contribution is 2.30. The van der Waals surface area contributed by atoms with Gasteiger partial charge in [0.1, 0.15) is 22.8 Å². The Labute approximate surface area is 152 Å². The van der Waals surface area contributed by atoms with Crippen LogP contribution >= 0.6 is 0 Å². The molecule has 1 aromatic carbocycles. The summed E-state index contributed by atoms with van der Waals surface area (Å²) in [6, 6.07) is 9.79. The van der Waals surface area contributed by atoms with Crippen LogP contribution in [0.15, 0.2) is 42.7 Å². The summed E-state index contributed by atoms with van der Waals surface area (Å²) in [5.41, 5.74) is 2.50. The number of fused-ring (bicyclic) bond motifs is 1. The summed E-state index contributed by atoms with van der Waals surface area (Å²) >= 11 is 0. The molecule has 0 spiro atoms. The van der Waals surface area contributed by atoms with Gasteiger partial charge >= 0.3 is 0 Å². The van der Waals surface area contributed by atoms with Crippen molar-refractivity contribution in [3.05, 3.63) is 48.3 Å². The fourth-order valence-corrected chi connectivity index (χ4v) is 3.24. The van der Waals surface area contributed by atoms with Crippen LogP contribution in [-0.2, 0) is 6.54 Å². The Morgan fingerprint density at radius 2 is 1.92 bits per heavy atom. The molecule has 1 saturated carbocycles. The molecule has 1 aliphatic rings. The van der Waals surface area contributed by atoms with Crippen LogP contribution in [0.1, 0.15) is 31.2 Å². The maximum absolute atomic E-state index is 6.24. The number of rotatable bonds is 6. The van der Waals surface area contributed by atoms with Crippen molar-refractivity contribution in [1.82, 2.24) is 15.0 Å². The van der Waals surface area contributed by atoms with Crippen molar-refractivity contribution in [2.45, 2.75) is 38.3 Å². The average molecular weight is 350 g/mol. The molecule has 134 valence electrons. The van der Waals surface area contributed by atoms with Gasteiger partial charge in [0.15, 0.2) is 5.65 Å². The molecule has 6 heteroatoms. The van der Waals surface area contributed by atoms with E-state index >= 15 is 0 Å². The fourth-order valence-electron chi connectivity index (χ4n) is 3.24. The molecule has 26 heavy (non-hydrogen) atoms. The first kappa shape index (κ1) is 16.6. The molecule has 1 aliphatic carbocycles. The highest BCUT2D eigenvalue weighted by atomic mass is 16.5. The molecule has 0 atom stereocenters. The van der Waals surface area contributed by atoms with E-state index in [0.717, 1.165) is 41.2 Å². The first-order valence-corrected chi connectivity index (χ1v) is 8.97. The Morgan fingerprint density at radius 3 is 2.77 bits per heavy atom. The van der Waals surface area contributed by atoms with Gasteiger partial charge in [0, 0.05) is 30.6 Å². The van der Waals surface area contributed by atoms with E-state index in [4.69, 9.17) is 9.47 Å². The molecule has 1 fully saturated rings. The Kier molecular flexibility index (Phi) is 4.82. The highest BCUT2D eigenvalue weighted by molar-refractivity contribution is 5.71. The van der Waals surface area contributed by atoms with Gasteiger partial charge in [-0.1, -0.05) is 0 Å². The zero-order valence-electron chi connectivity index (χ0n) is 14.8. The minimum atomic E-state index is 0.301. The van der Waals surface area contributed by atoms with Crippen molar-refractivity contribution >= 4 is 17.0 Å². The third-order valence-corrected chi connectivity index (χ3v) is 4.66. The topological polar surface area (TPSA) is 69.2 Å². The Bertz CT molecular complexity index is 894. The number of nitrogens with one attached hydrogen (secondary N) is 1. The predicted octanol–water partition coefficient (Wildman–Crippen LogP) is 3.97. The van der Waals surface area contributed by atoms with Gasteiger partial charge in [0.25, 0.3) is 0 Å². The van der Waals surface area contributed by atoms with Crippen LogP contribution in [0.2, 0.25) is 0 Å². The maximum Gasteiger partial charge on any atom is 0.180 e. The van der Waals surface area contributed by atoms with Crippen LogP contribution in [0.3, 0.4) is 0 Å². The normalized spacial score (nSPS) is 14.5. The third kappa shape index (κ3) is 3.69. The number of hydrogen-bond donors (Lipinski definition) is 1. The van der Waals surface area contributed by atoms with Crippen molar-refractivity contribution < 1.29 is 9.47 Å². The van der Waals surface area contributed by atoms with Crippen molar-refractivity contribution in [1.29, 1.82) is 0 Å². The lowest BCUT2D eigenvalue weighted by atomic mass is 10.1. The van der Waals surface area contributed by atoms with E-state index in [1.165, 1.54) is 12.8 Å². The molecule has 0 radical (unpaired) electrons. The van der Waals surface area contributed by atoms with Gasteiger partial charge in [-0.05, 0) is 49.9 Å². The molecule has 0 aliphatic heterocycles.